The van der Waals surface area contributed by atoms with Crippen molar-refractivity contribution in [3.8, 4) is 17.2 Å². The lowest BCUT2D eigenvalue weighted by atomic mass is 10.1. The zero-order chi connectivity index (χ0) is 20.1. The first-order valence-corrected chi connectivity index (χ1v) is 10.0. The Hall–Kier alpha value is -2.25. The van der Waals surface area contributed by atoms with Crippen LogP contribution in [0.2, 0.25) is 0 Å². The number of hydrogen-bond donors (Lipinski definition) is 1. The van der Waals surface area contributed by atoms with Crippen LogP contribution in [-0.4, -0.2) is 58.3 Å². The molecule has 1 amide bonds. The highest BCUT2D eigenvalue weighted by Gasteiger charge is 2.28. The number of benzene rings is 2. The summed E-state index contributed by atoms with van der Waals surface area (Å²) < 4.78 is 17.3. The van der Waals surface area contributed by atoms with E-state index in [0.29, 0.717) is 30.2 Å². The fourth-order valence-corrected chi connectivity index (χ4v) is 3.99. The SMILES string of the molecule is COc1ccc(Br)cc1C[NH+]1CCN(C(=O)c2cccc(OC)c2OC)CC1. The first-order chi connectivity index (χ1) is 13.6. The van der Waals surface area contributed by atoms with Crippen molar-refractivity contribution in [3.63, 3.8) is 0 Å². The van der Waals surface area contributed by atoms with E-state index in [1.54, 1.807) is 33.5 Å². The van der Waals surface area contributed by atoms with Crippen LogP contribution in [0.25, 0.3) is 0 Å². The van der Waals surface area contributed by atoms with Crippen LogP contribution < -0.4 is 19.1 Å². The number of quaternary nitrogens is 1. The van der Waals surface area contributed by atoms with Crippen LogP contribution in [0.5, 0.6) is 17.2 Å². The normalized spacial score (nSPS) is 14.6. The third-order valence-electron chi connectivity index (χ3n) is 5.07. The molecule has 3 rings (SSSR count). The predicted molar refractivity (Wildman–Crippen MR) is 111 cm³/mol. The van der Waals surface area contributed by atoms with Gasteiger partial charge in [-0.15, -0.1) is 0 Å². The maximum atomic E-state index is 13.0. The van der Waals surface area contributed by atoms with Crippen molar-refractivity contribution in [2.24, 2.45) is 0 Å². The number of rotatable bonds is 6. The maximum absolute atomic E-state index is 13.0. The standard InChI is InChI=1S/C21H25BrN2O4/c1-26-18-8-7-16(22)13-15(18)14-23-9-11-24(12-10-23)21(25)17-5-4-6-19(27-2)20(17)28-3/h4-8,13H,9-12,14H2,1-3H3/p+1. The molecule has 1 heterocycles. The second kappa shape index (κ2) is 9.30. The lowest BCUT2D eigenvalue weighted by molar-refractivity contribution is -0.917. The van der Waals surface area contributed by atoms with E-state index in [9.17, 15) is 4.79 Å². The van der Waals surface area contributed by atoms with Crippen LogP contribution in [0.1, 0.15) is 15.9 Å². The van der Waals surface area contributed by atoms with E-state index >= 15 is 0 Å². The number of carbonyl (C=O) groups is 1. The number of piperazine rings is 1. The molecule has 0 atom stereocenters. The van der Waals surface area contributed by atoms with Gasteiger partial charge in [0.2, 0.25) is 0 Å². The molecule has 0 aromatic heterocycles. The van der Waals surface area contributed by atoms with Crippen molar-refractivity contribution in [3.05, 3.63) is 52.0 Å². The minimum absolute atomic E-state index is 0.0187. The maximum Gasteiger partial charge on any atom is 0.258 e. The molecule has 2 aromatic carbocycles. The number of nitrogens with one attached hydrogen (secondary N) is 1. The van der Waals surface area contributed by atoms with Gasteiger partial charge in [0.1, 0.15) is 12.3 Å². The van der Waals surface area contributed by atoms with Gasteiger partial charge in [0.05, 0.1) is 53.1 Å². The Kier molecular flexibility index (Phi) is 6.80. The molecule has 0 unspecified atom stereocenters. The molecule has 7 heteroatoms. The molecule has 0 saturated carbocycles. The fraction of sp³-hybridized carbons (Fsp3) is 0.381. The molecule has 1 aliphatic rings. The zero-order valence-electron chi connectivity index (χ0n) is 16.5. The van der Waals surface area contributed by atoms with Gasteiger partial charge >= 0.3 is 0 Å². The predicted octanol–water partition coefficient (Wildman–Crippen LogP) is 2.02. The van der Waals surface area contributed by atoms with Gasteiger partial charge < -0.3 is 24.0 Å². The van der Waals surface area contributed by atoms with Crippen molar-refractivity contribution in [1.29, 1.82) is 0 Å². The highest BCUT2D eigenvalue weighted by atomic mass is 79.9. The molecular formula is C21H26BrN2O4+. The van der Waals surface area contributed by atoms with Gasteiger partial charge in [0.25, 0.3) is 5.91 Å². The number of nitrogens with zero attached hydrogens (tertiary/aromatic N) is 1. The van der Waals surface area contributed by atoms with Gasteiger partial charge in [-0.1, -0.05) is 22.0 Å². The number of ether oxygens (including phenoxy) is 3. The van der Waals surface area contributed by atoms with Crippen LogP contribution in [0, 0.1) is 0 Å². The fourth-order valence-electron chi connectivity index (χ4n) is 3.58. The minimum atomic E-state index is -0.0187. The quantitative estimate of drug-likeness (QED) is 0.732. The summed E-state index contributed by atoms with van der Waals surface area (Å²) in [4.78, 5) is 16.3. The summed E-state index contributed by atoms with van der Waals surface area (Å²) in [5.41, 5.74) is 1.71. The molecule has 2 aromatic rings. The van der Waals surface area contributed by atoms with Crippen molar-refractivity contribution in [1.82, 2.24) is 4.90 Å². The topological polar surface area (TPSA) is 52.4 Å². The third kappa shape index (κ3) is 4.42. The molecular weight excluding hydrogens is 424 g/mol. The number of carbonyl (C=O) groups excluding carboxylic acids is 1. The second-order valence-electron chi connectivity index (χ2n) is 6.72. The molecule has 0 bridgehead atoms. The monoisotopic (exact) mass is 449 g/mol. The first kappa shape index (κ1) is 20.5. The van der Waals surface area contributed by atoms with Crippen molar-refractivity contribution < 1.29 is 23.9 Å². The Morgan fingerprint density at radius 3 is 2.39 bits per heavy atom. The second-order valence-corrected chi connectivity index (χ2v) is 7.63. The molecule has 1 saturated heterocycles. The van der Waals surface area contributed by atoms with Crippen LogP contribution >= 0.6 is 15.9 Å². The Labute approximate surface area is 174 Å². The Morgan fingerprint density at radius 1 is 1.04 bits per heavy atom. The van der Waals surface area contributed by atoms with Gasteiger partial charge in [-0.25, -0.2) is 0 Å². The molecule has 150 valence electrons. The lowest BCUT2D eigenvalue weighted by Gasteiger charge is -2.32. The van der Waals surface area contributed by atoms with Gasteiger partial charge in [-0.2, -0.15) is 0 Å². The average Bonchev–Trinajstić information content (AvgIpc) is 2.73. The minimum Gasteiger partial charge on any atom is -0.496 e. The van der Waals surface area contributed by atoms with Gasteiger partial charge in [-0.3, -0.25) is 4.79 Å². The summed E-state index contributed by atoms with van der Waals surface area (Å²) in [5.74, 6) is 1.94. The summed E-state index contributed by atoms with van der Waals surface area (Å²) in [5, 5.41) is 0. The molecule has 28 heavy (non-hydrogen) atoms. The van der Waals surface area contributed by atoms with Crippen LogP contribution in [0.3, 0.4) is 0 Å². The Balaban J connectivity index is 1.66. The molecule has 0 radical (unpaired) electrons. The molecule has 0 aliphatic carbocycles. The molecule has 1 N–H and O–H groups in total. The van der Waals surface area contributed by atoms with E-state index in [1.165, 1.54) is 10.5 Å². The average molecular weight is 450 g/mol. The summed E-state index contributed by atoms with van der Waals surface area (Å²) in [6, 6.07) is 11.5. The summed E-state index contributed by atoms with van der Waals surface area (Å²) in [6.07, 6.45) is 0. The summed E-state index contributed by atoms with van der Waals surface area (Å²) >= 11 is 3.53. The Morgan fingerprint density at radius 2 is 1.75 bits per heavy atom. The first-order valence-electron chi connectivity index (χ1n) is 9.23. The smallest absolute Gasteiger partial charge is 0.258 e. The van der Waals surface area contributed by atoms with Gasteiger partial charge in [0.15, 0.2) is 11.5 Å². The zero-order valence-corrected chi connectivity index (χ0v) is 18.0. The largest absolute Gasteiger partial charge is 0.496 e. The molecule has 1 fully saturated rings. The van der Waals surface area contributed by atoms with Crippen molar-refractivity contribution >= 4 is 21.8 Å². The van der Waals surface area contributed by atoms with Crippen molar-refractivity contribution in [2.45, 2.75) is 6.54 Å². The van der Waals surface area contributed by atoms with E-state index in [2.05, 4.69) is 22.0 Å². The van der Waals surface area contributed by atoms with E-state index in [4.69, 9.17) is 14.2 Å². The number of halogens is 1. The van der Waals surface area contributed by atoms with E-state index in [0.717, 1.165) is 29.9 Å². The number of hydrogen-bond acceptors (Lipinski definition) is 4. The lowest BCUT2D eigenvalue weighted by Crippen LogP contribution is -3.13. The highest BCUT2D eigenvalue weighted by molar-refractivity contribution is 9.10. The van der Waals surface area contributed by atoms with Crippen LogP contribution in [-0.2, 0) is 6.54 Å². The van der Waals surface area contributed by atoms with E-state index in [1.807, 2.05) is 23.1 Å². The number of para-hydroxylation sites is 1. The number of methoxy groups -OCH3 is 3. The molecule has 1 aliphatic heterocycles. The Bertz CT molecular complexity index is 835. The van der Waals surface area contributed by atoms with Crippen LogP contribution in [0.4, 0.5) is 0 Å². The highest BCUT2D eigenvalue weighted by Crippen LogP contribution is 2.31. The van der Waals surface area contributed by atoms with Gasteiger partial charge in [-0.05, 0) is 30.3 Å². The molecule has 6 nitrogen and oxygen atoms in total. The van der Waals surface area contributed by atoms with E-state index < -0.39 is 0 Å². The van der Waals surface area contributed by atoms with Gasteiger partial charge in [0, 0.05) is 10.0 Å². The molecule has 0 spiro atoms. The summed E-state index contributed by atoms with van der Waals surface area (Å²) in [7, 11) is 4.83. The van der Waals surface area contributed by atoms with E-state index in [-0.39, 0.29) is 5.91 Å². The van der Waals surface area contributed by atoms with Crippen LogP contribution in [0.15, 0.2) is 40.9 Å². The third-order valence-corrected chi connectivity index (χ3v) is 5.57. The summed E-state index contributed by atoms with van der Waals surface area (Å²) in [6.45, 7) is 4.03. The van der Waals surface area contributed by atoms with Crippen molar-refractivity contribution in [2.75, 3.05) is 47.5 Å². The number of amides is 1.